The summed E-state index contributed by atoms with van der Waals surface area (Å²) in [6.07, 6.45) is -4.54. The molecular formula is C11H8ClF3O3. The maximum atomic E-state index is 12.4. The van der Waals surface area contributed by atoms with Crippen molar-refractivity contribution in [1.29, 1.82) is 0 Å². The second-order valence-electron chi connectivity index (χ2n) is 3.34. The van der Waals surface area contributed by atoms with Crippen LogP contribution in [0, 0.1) is 0 Å². The van der Waals surface area contributed by atoms with Crippen LogP contribution in [0.3, 0.4) is 0 Å². The molecule has 0 aliphatic carbocycles. The van der Waals surface area contributed by atoms with Crippen molar-refractivity contribution in [2.24, 2.45) is 0 Å². The summed E-state index contributed by atoms with van der Waals surface area (Å²) < 4.78 is 41.5. The van der Waals surface area contributed by atoms with Gasteiger partial charge in [-0.25, -0.2) is 4.79 Å². The van der Waals surface area contributed by atoms with Crippen LogP contribution >= 0.6 is 11.6 Å². The second kappa shape index (κ2) is 5.39. The SMILES string of the molecule is COC(=O)C(=O)[C@@H](Cl)c1cccc(C(F)(F)F)c1. The third kappa shape index (κ3) is 3.22. The third-order valence-corrected chi connectivity index (χ3v) is 2.57. The predicted molar refractivity (Wildman–Crippen MR) is 57.1 cm³/mol. The summed E-state index contributed by atoms with van der Waals surface area (Å²) in [4.78, 5) is 22.3. The second-order valence-corrected chi connectivity index (χ2v) is 3.78. The molecule has 3 nitrogen and oxygen atoms in total. The molecule has 1 atom stereocenters. The van der Waals surface area contributed by atoms with E-state index in [0.717, 1.165) is 25.3 Å². The highest BCUT2D eigenvalue weighted by Crippen LogP contribution is 2.32. The summed E-state index contributed by atoms with van der Waals surface area (Å²) in [5, 5.41) is -1.50. The fourth-order valence-corrected chi connectivity index (χ4v) is 1.45. The molecule has 98 valence electrons. The van der Waals surface area contributed by atoms with Crippen LogP contribution in [0.1, 0.15) is 16.5 Å². The van der Waals surface area contributed by atoms with Gasteiger partial charge in [0, 0.05) is 0 Å². The van der Waals surface area contributed by atoms with Crippen molar-refractivity contribution in [3.8, 4) is 0 Å². The molecule has 1 aromatic rings. The average molecular weight is 281 g/mol. The molecular weight excluding hydrogens is 273 g/mol. The van der Waals surface area contributed by atoms with Crippen molar-refractivity contribution < 1.29 is 27.5 Å². The molecule has 0 aliphatic rings. The molecule has 1 aromatic carbocycles. The molecule has 7 heteroatoms. The van der Waals surface area contributed by atoms with E-state index in [1.165, 1.54) is 6.07 Å². The van der Waals surface area contributed by atoms with Gasteiger partial charge in [0.2, 0.25) is 0 Å². The first-order chi connectivity index (χ1) is 8.27. The molecule has 0 heterocycles. The lowest BCUT2D eigenvalue weighted by Gasteiger charge is -2.11. The standard InChI is InChI=1S/C11H8ClF3O3/c1-18-10(17)9(16)8(12)6-3-2-4-7(5-6)11(13,14)15/h2-5,8H,1H3/t8-/m0/s1. The van der Waals surface area contributed by atoms with Crippen molar-refractivity contribution in [2.45, 2.75) is 11.6 Å². The number of hydrogen-bond acceptors (Lipinski definition) is 3. The lowest BCUT2D eigenvalue weighted by molar-refractivity contribution is -0.151. The Morgan fingerprint density at radius 1 is 1.33 bits per heavy atom. The minimum absolute atomic E-state index is 0.109. The minimum Gasteiger partial charge on any atom is -0.463 e. The number of halogens is 4. The van der Waals surface area contributed by atoms with Crippen LogP contribution in [-0.4, -0.2) is 18.9 Å². The van der Waals surface area contributed by atoms with Crippen molar-refractivity contribution in [3.63, 3.8) is 0 Å². The Labute approximate surface area is 105 Å². The Kier molecular flexibility index (Phi) is 4.34. The topological polar surface area (TPSA) is 43.4 Å². The van der Waals surface area contributed by atoms with E-state index in [1.807, 2.05) is 0 Å². The van der Waals surface area contributed by atoms with Crippen LogP contribution < -0.4 is 0 Å². The van der Waals surface area contributed by atoms with Gasteiger partial charge in [-0.05, 0) is 17.7 Å². The van der Waals surface area contributed by atoms with Crippen LogP contribution in [-0.2, 0) is 20.5 Å². The number of ketones is 1. The van der Waals surface area contributed by atoms with Gasteiger partial charge in [0.1, 0.15) is 5.38 Å². The number of rotatable bonds is 3. The highest BCUT2D eigenvalue weighted by molar-refractivity contribution is 6.47. The van der Waals surface area contributed by atoms with E-state index >= 15 is 0 Å². The van der Waals surface area contributed by atoms with Gasteiger partial charge in [0.15, 0.2) is 0 Å². The Balaban J connectivity index is 3.04. The average Bonchev–Trinajstić information content (AvgIpc) is 2.35. The summed E-state index contributed by atoms with van der Waals surface area (Å²) in [6.45, 7) is 0. The van der Waals surface area contributed by atoms with Crippen LogP contribution in [0.15, 0.2) is 24.3 Å². The number of alkyl halides is 4. The predicted octanol–water partition coefficient (Wildman–Crippen LogP) is 2.73. The first-order valence-electron chi connectivity index (χ1n) is 4.70. The van der Waals surface area contributed by atoms with Gasteiger partial charge in [-0.1, -0.05) is 12.1 Å². The van der Waals surface area contributed by atoms with Crippen LogP contribution in [0.25, 0.3) is 0 Å². The number of hydrogen-bond donors (Lipinski definition) is 0. The molecule has 0 amide bonds. The van der Waals surface area contributed by atoms with Gasteiger partial charge >= 0.3 is 12.1 Å². The summed E-state index contributed by atoms with van der Waals surface area (Å²) >= 11 is 5.63. The Hall–Kier alpha value is -1.56. The Bertz CT molecular complexity index is 471. The van der Waals surface area contributed by atoms with E-state index < -0.39 is 28.9 Å². The number of methoxy groups -OCH3 is 1. The van der Waals surface area contributed by atoms with E-state index in [9.17, 15) is 22.8 Å². The molecule has 0 N–H and O–H groups in total. The summed E-state index contributed by atoms with van der Waals surface area (Å²) in [5.74, 6) is -2.31. The van der Waals surface area contributed by atoms with Crippen molar-refractivity contribution in [3.05, 3.63) is 35.4 Å². The summed E-state index contributed by atoms with van der Waals surface area (Å²) in [5.41, 5.74) is -1.05. The van der Waals surface area contributed by atoms with Crippen molar-refractivity contribution >= 4 is 23.4 Å². The molecule has 0 unspecified atom stereocenters. The quantitative estimate of drug-likeness (QED) is 0.486. The zero-order chi connectivity index (χ0) is 13.9. The zero-order valence-corrected chi connectivity index (χ0v) is 9.88. The maximum absolute atomic E-state index is 12.4. The van der Waals surface area contributed by atoms with Gasteiger partial charge in [0.05, 0.1) is 12.7 Å². The zero-order valence-electron chi connectivity index (χ0n) is 9.12. The normalized spacial score (nSPS) is 12.9. The van der Waals surface area contributed by atoms with E-state index in [4.69, 9.17) is 11.6 Å². The molecule has 0 saturated heterocycles. The van der Waals surface area contributed by atoms with E-state index in [1.54, 1.807) is 0 Å². The fourth-order valence-electron chi connectivity index (χ4n) is 1.23. The van der Waals surface area contributed by atoms with Gasteiger partial charge in [-0.2, -0.15) is 13.2 Å². The van der Waals surface area contributed by atoms with Gasteiger partial charge in [0.25, 0.3) is 5.78 Å². The number of ether oxygens (including phenoxy) is 1. The van der Waals surface area contributed by atoms with E-state index in [0.29, 0.717) is 0 Å². The van der Waals surface area contributed by atoms with Crippen molar-refractivity contribution in [2.75, 3.05) is 7.11 Å². The maximum Gasteiger partial charge on any atom is 0.416 e. The Morgan fingerprint density at radius 3 is 2.44 bits per heavy atom. The molecule has 0 aromatic heterocycles. The lowest BCUT2D eigenvalue weighted by Crippen LogP contribution is -2.20. The van der Waals surface area contributed by atoms with E-state index in [2.05, 4.69) is 4.74 Å². The van der Waals surface area contributed by atoms with Crippen molar-refractivity contribution in [1.82, 2.24) is 0 Å². The molecule has 0 bridgehead atoms. The molecule has 0 aliphatic heterocycles. The molecule has 0 saturated carbocycles. The highest BCUT2D eigenvalue weighted by Gasteiger charge is 2.32. The first-order valence-corrected chi connectivity index (χ1v) is 5.14. The number of Topliss-reactive ketones (excluding diaryl/α,β-unsaturated/α-hetero) is 1. The first kappa shape index (κ1) is 14.5. The smallest absolute Gasteiger partial charge is 0.416 e. The van der Waals surface area contributed by atoms with Gasteiger partial charge in [-0.3, -0.25) is 4.79 Å². The third-order valence-electron chi connectivity index (χ3n) is 2.12. The van der Waals surface area contributed by atoms with Gasteiger partial charge < -0.3 is 4.74 Å². The number of benzene rings is 1. The minimum atomic E-state index is -4.54. The summed E-state index contributed by atoms with van der Waals surface area (Å²) in [7, 11) is 0.982. The molecule has 0 spiro atoms. The van der Waals surface area contributed by atoms with Crippen LogP contribution in [0.4, 0.5) is 13.2 Å². The monoisotopic (exact) mass is 280 g/mol. The van der Waals surface area contributed by atoms with Crippen LogP contribution in [0.2, 0.25) is 0 Å². The molecule has 0 fully saturated rings. The number of esters is 1. The molecule has 18 heavy (non-hydrogen) atoms. The number of carbonyl (C=O) groups excluding carboxylic acids is 2. The van der Waals surface area contributed by atoms with E-state index in [-0.39, 0.29) is 5.56 Å². The fraction of sp³-hybridized carbons (Fsp3) is 0.273. The number of carbonyl (C=O) groups is 2. The Morgan fingerprint density at radius 2 is 1.94 bits per heavy atom. The summed E-state index contributed by atoms with van der Waals surface area (Å²) in [6, 6.07) is 3.90. The lowest BCUT2D eigenvalue weighted by atomic mass is 10.1. The largest absolute Gasteiger partial charge is 0.463 e. The molecule has 0 radical (unpaired) electrons. The van der Waals surface area contributed by atoms with Gasteiger partial charge in [-0.15, -0.1) is 11.6 Å². The highest BCUT2D eigenvalue weighted by atomic mass is 35.5. The molecule has 1 rings (SSSR count). The van der Waals surface area contributed by atoms with Crippen LogP contribution in [0.5, 0.6) is 0 Å².